The molecule has 9 heteroatoms. The number of imide groups is 1. The summed E-state index contributed by atoms with van der Waals surface area (Å²) >= 11 is 0. The van der Waals surface area contributed by atoms with Crippen molar-refractivity contribution in [2.45, 2.75) is 46.1 Å². The molecule has 3 aromatic rings. The highest BCUT2D eigenvalue weighted by Gasteiger charge is 2.43. The van der Waals surface area contributed by atoms with Gasteiger partial charge in [-0.25, -0.2) is 9.29 Å². The number of carbonyl (C=O) groups excluding carboxylic acids is 3. The molecule has 0 bridgehead atoms. The summed E-state index contributed by atoms with van der Waals surface area (Å²) in [5, 5.41) is 0.796. The number of aryl methyl sites for hydroxylation is 1. The molecule has 0 atom stereocenters. The van der Waals surface area contributed by atoms with E-state index in [1.807, 2.05) is 6.92 Å². The van der Waals surface area contributed by atoms with Gasteiger partial charge >= 0.3 is 12.6 Å². The number of unbranched alkanes of at least 4 members (excludes halogenated alkanes) is 1. The quantitative estimate of drug-likeness (QED) is 0.274. The van der Waals surface area contributed by atoms with Crippen LogP contribution in [-0.2, 0) is 22.4 Å². The lowest BCUT2D eigenvalue weighted by molar-refractivity contribution is -0.142. The lowest BCUT2D eigenvalue weighted by Gasteiger charge is -2.16. The Balaban J connectivity index is 1.86. The first-order chi connectivity index (χ1) is 17.3. The van der Waals surface area contributed by atoms with Crippen LogP contribution in [0.4, 0.5) is 18.9 Å². The summed E-state index contributed by atoms with van der Waals surface area (Å²) in [6.45, 7) is 0.540. The fourth-order valence-corrected chi connectivity index (χ4v) is 4.50. The molecule has 0 aromatic heterocycles. The zero-order valence-corrected chi connectivity index (χ0v) is 19.8. The van der Waals surface area contributed by atoms with Crippen LogP contribution < -0.4 is 9.64 Å². The number of fused-ring (bicyclic) bond motifs is 2. The Morgan fingerprint density at radius 2 is 1.69 bits per heavy atom. The average molecular weight is 499 g/mol. The van der Waals surface area contributed by atoms with Gasteiger partial charge in [0.15, 0.2) is 0 Å². The minimum atomic E-state index is -3.24. The van der Waals surface area contributed by atoms with E-state index in [0.29, 0.717) is 34.3 Å². The van der Waals surface area contributed by atoms with Gasteiger partial charge in [-0.1, -0.05) is 43.7 Å². The lowest BCUT2D eigenvalue weighted by Crippen LogP contribution is -2.30. The van der Waals surface area contributed by atoms with Crippen LogP contribution >= 0.6 is 0 Å². The number of hydrogen-bond acceptors (Lipinski definition) is 5. The normalized spacial score (nSPS) is 13.0. The van der Waals surface area contributed by atoms with E-state index in [4.69, 9.17) is 9.47 Å². The van der Waals surface area contributed by atoms with Crippen molar-refractivity contribution < 1.29 is 37.0 Å². The van der Waals surface area contributed by atoms with Gasteiger partial charge in [0, 0.05) is 5.39 Å². The molecule has 0 N–H and O–H groups in total. The number of rotatable bonds is 9. The van der Waals surface area contributed by atoms with Crippen LogP contribution in [-0.4, -0.2) is 31.0 Å². The largest absolute Gasteiger partial charge is 0.466 e. The molecular formula is C27H24F3NO5. The number of anilines is 1. The summed E-state index contributed by atoms with van der Waals surface area (Å²) < 4.78 is 51.6. The molecule has 1 aliphatic heterocycles. The third kappa shape index (κ3) is 4.53. The third-order valence-corrected chi connectivity index (χ3v) is 6.00. The Hall–Kier alpha value is -3.88. The van der Waals surface area contributed by atoms with E-state index in [1.54, 1.807) is 31.2 Å². The third-order valence-electron chi connectivity index (χ3n) is 6.00. The minimum Gasteiger partial charge on any atom is -0.466 e. The number of alkyl halides is 2. The number of halogens is 3. The van der Waals surface area contributed by atoms with Crippen LogP contribution in [0.2, 0.25) is 0 Å². The lowest BCUT2D eigenvalue weighted by atomic mass is 9.91. The fraction of sp³-hybridized carbons (Fsp3) is 0.296. The van der Waals surface area contributed by atoms with Gasteiger partial charge in [0.25, 0.3) is 11.8 Å². The average Bonchev–Trinajstić information content (AvgIpc) is 3.09. The molecule has 1 aliphatic rings. The monoisotopic (exact) mass is 499 g/mol. The molecule has 0 aliphatic carbocycles. The van der Waals surface area contributed by atoms with Gasteiger partial charge in [-0.3, -0.25) is 14.4 Å². The van der Waals surface area contributed by atoms with Gasteiger partial charge in [-0.15, -0.1) is 0 Å². The maximum Gasteiger partial charge on any atom is 0.387 e. The summed E-state index contributed by atoms with van der Waals surface area (Å²) in [7, 11) is 0. The van der Waals surface area contributed by atoms with E-state index in [2.05, 4.69) is 0 Å². The molecule has 0 saturated heterocycles. The van der Waals surface area contributed by atoms with Crippen molar-refractivity contribution in [3.8, 4) is 5.75 Å². The number of ether oxygens (including phenoxy) is 2. The van der Waals surface area contributed by atoms with E-state index in [0.717, 1.165) is 12.5 Å². The van der Waals surface area contributed by atoms with E-state index >= 15 is 4.39 Å². The first-order valence-corrected chi connectivity index (χ1v) is 11.6. The SMILES string of the molecule is CCCCc1c2c(c(OC(F)F)c3ccccc13)C(=O)N(c1ccc(CC(=O)OCC)cc1F)C2=O. The number of amides is 2. The van der Waals surface area contributed by atoms with Crippen LogP contribution in [0.25, 0.3) is 10.8 Å². The van der Waals surface area contributed by atoms with Crippen LogP contribution in [0.3, 0.4) is 0 Å². The van der Waals surface area contributed by atoms with Crippen LogP contribution in [0.1, 0.15) is 58.5 Å². The number of benzene rings is 3. The second-order valence-corrected chi connectivity index (χ2v) is 8.30. The summed E-state index contributed by atoms with van der Waals surface area (Å²) in [5.41, 5.74) is 0.117. The van der Waals surface area contributed by atoms with Crippen LogP contribution in [0.5, 0.6) is 5.75 Å². The summed E-state index contributed by atoms with van der Waals surface area (Å²) in [6, 6.07) is 10.2. The van der Waals surface area contributed by atoms with Gasteiger partial charge < -0.3 is 9.47 Å². The highest BCUT2D eigenvalue weighted by molar-refractivity contribution is 6.37. The number of hydrogen-bond donors (Lipinski definition) is 0. The molecule has 36 heavy (non-hydrogen) atoms. The van der Waals surface area contributed by atoms with Crippen molar-refractivity contribution in [3.63, 3.8) is 0 Å². The predicted molar refractivity (Wildman–Crippen MR) is 127 cm³/mol. The van der Waals surface area contributed by atoms with E-state index in [1.165, 1.54) is 12.1 Å². The second-order valence-electron chi connectivity index (χ2n) is 8.30. The fourth-order valence-electron chi connectivity index (χ4n) is 4.50. The molecule has 0 fully saturated rings. The molecule has 0 saturated carbocycles. The predicted octanol–water partition coefficient (Wildman–Crippen LogP) is 5.83. The molecule has 0 spiro atoms. The zero-order chi connectivity index (χ0) is 26.0. The second kappa shape index (κ2) is 10.4. The maximum absolute atomic E-state index is 15.2. The Labute approximate surface area is 205 Å². The highest BCUT2D eigenvalue weighted by Crippen LogP contribution is 2.43. The first kappa shape index (κ1) is 25.2. The zero-order valence-electron chi connectivity index (χ0n) is 19.8. The molecule has 6 nitrogen and oxygen atoms in total. The van der Waals surface area contributed by atoms with E-state index in [9.17, 15) is 23.2 Å². The van der Waals surface area contributed by atoms with Gasteiger partial charge in [0.05, 0.1) is 29.8 Å². The molecule has 0 unspecified atom stereocenters. The molecule has 4 rings (SSSR count). The number of nitrogens with zero attached hydrogens (tertiary/aromatic N) is 1. The topological polar surface area (TPSA) is 72.9 Å². The highest BCUT2D eigenvalue weighted by atomic mass is 19.3. The summed E-state index contributed by atoms with van der Waals surface area (Å²) in [4.78, 5) is 39.5. The van der Waals surface area contributed by atoms with Crippen LogP contribution in [0, 0.1) is 5.82 Å². The smallest absolute Gasteiger partial charge is 0.387 e. The molecule has 2 amide bonds. The van der Waals surface area contributed by atoms with Crippen molar-refractivity contribution in [1.29, 1.82) is 0 Å². The van der Waals surface area contributed by atoms with Crippen LogP contribution in [0.15, 0.2) is 42.5 Å². The Bertz CT molecular complexity index is 1350. The molecule has 1 heterocycles. The summed E-state index contributed by atoms with van der Waals surface area (Å²) in [5.74, 6) is -3.64. The Kier molecular flexibility index (Phi) is 7.28. The van der Waals surface area contributed by atoms with Gasteiger partial charge in [-0.05, 0) is 48.4 Å². The number of carbonyl (C=O) groups is 3. The van der Waals surface area contributed by atoms with E-state index in [-0.39, 0.29) is 35.2 Å². The van der Waals surface area contributed by atoms with Crippen molar-refractivity contribution in [2.24, 2.45) is 0 Å². The number of esters is 1. The standard InChI is InChI=1S/C27H24F3NO5/c1-3-5-8-17-16-9-6-7-10-18(16)24(36-27(29)30)23-22(17)25(33)31(26(23)34)20-12-11-15(13-19(20)28)14-21(32)35-4-2/h6-7,9-13,27H,3-5,8,14H2,1-2H3. The minimum absolute atomic E-state index is 0.0576. The van der Waals surface area contributed by atoms with Crippen molar-refractivity contribution in [2.75, 3.05) is 11.5 Å². The molecule has 0 radical (unpaired) electrons. The molecule has 188 valence electrons. The van der Waals surface area contributed by atoms with Gasteiger partial charge in [-0.2, -0.15) is 8.78 Å². The molecule has 3 aromatic carbocycles. The Morgan fingerprint density at radius 1 is 1.00 bits per heavy atom. The van der Waals surface area contributed by atoms with E-state index < -0.39 is 36.0 Å². The maximum atomic E-state index is 15.2. The van der Waals surface area contributed by atoms with Gasteiger partial charge in [0.2, 0.25) is 0 Å². The Morgan fingerprint density at radius 3 is 2.33 bits per heavy atom. The first-order valence-electron chi connectivity index (χ1n) is 11.6. The van der Waals surface area contributed by atoms with Crippen molar-refractivity contribution >= 4 is 34.2 Å². The molecular weight excluding hydrogens is 475 g/mol. The van der Waals surface area contributed by atoms with Crippen molar-refractivity contribution in [1.82, 2.24) is 0 Å². The summed E-state index contributed by atoms with van der Waals surface area (Å²) in [6.07, 6.45) is 1.71. The van der Waals surface area contributed by atoms with Gasteiger partial charge in [0.1, 0.15) is 11.6 Å². The van der Waals surface area contributed by atoms with Crippen molar-refractivity contribution in [3.05, 3.63) is 70.5 Å².